The maximum absolute atomic E-state index is 13.8. The topological polar surface area (TPSA) is 47.0 Å². The van der Waals surface area contributed by atoms with Gasteiger partial charge in [-0.3, -0.25) is 4.79 Å². The van der Waals surface area contributed by atoms with Crippen LogP contribution in [-0.4, -0.2) is 22.1 Å². The molecule has 0 spiro atoms. The lowest BCUT2D eigenvalue weighted by molar-refractivity contribution is -0.143. The first-order valence-electron chi connectivity index (χ1n) is 5.76. The average molecular weight is 286 g/mol. The van der Waals surface area contributed by atoms with Gasteiger partial charge in [-0.2, -0.15) is 0 Å². The van der Waals surface area contributed by atoms with Gasteiger partial charge in [-0.15, -0.1) is 0 Å². The van der Waals surface area contributed by atoms with Gasteiger partial charge in [0.1, 0.15) is 5.52 Å². The fraction of sp³-hybridized carbons (Fsp3) is 0.333. The van der Waals surface area contributed by atoms with Crippen LogP contribution in [0.2, 0.25) is 0 Å². The molecule has 0 amide bonds. The van der Waals surface area contributed by atoms with E-state index >= 15 is 0 Å². The van der Waals surface area contributed by atoms with Crippen LogP contribution in [0.25, 0.3) is 11.0 Å². The van der Waals surface area contributed by atoms with Crippen LogP contribution in [0.15, 0.2) is 12.1 Å². The van der Waals surface area contributed by atoms with Crippen molar-refractivity contribution in [3.05, 3.63) is 28.5 Å². The Morgan fingerprint density at radius 1 is 1.47 bits per heavy atom. The minimum atomic E-state index is -0.978. The van der Waals surface area contributed by atoms with Gasteiger partial charge in [0.2, 0.25) is 0 Å². The first kappa shape index (κ1) is 13.7. The molecule has 19 heavy (non-hydrogen) atoms. The monoisotopic (exact) mass is 286 g/mol. The van der Waals surface area contributed by atoms with Crippen LogP contribution in [0.5, 0.6) is 0 Å². The number of hydrogen-bond acceptors (Lipinski definition) is 3. The van der Waals surface area contributed by atoms with E-state index in [1.165, 1.54) is 10.6 Å². The molecule has 0 atom stereocenters. The zero-order valence-corrected chi connectivity index (χ0v) is 11.0. The summed E-state index contributed by atoms with van der Waals surface area (Å²) in [4.78, 5) is 14.1. The number of fused-ring (bicyclic) bond motifs is 1. The van der Waals surface area contributed by atoms with Gasteiger partial charge in [0.25, 0.3) is 0 Å². The summed E-state index contributed by atoms with van der Waals surface area (Å²) in [5.41, 5.74) is 0.432. The summed E-state index contributed by atoms with van der Waals surface area (Å²) in [7, 11) is 0. The van der Waals surface area contributed by atoms with E-state index in [0.717, 1.165) is 6.07 Å². The number of benzene rings is 1. The molecule has 0 unspecified atom stereocenters. The number of aromatic nitrogens is 2. The van der Waals surface area contributed by atoms with Crippen molar-refractivity contribution < 1.29 is 18.3 Å². The minimum Gasteiger partial charge on any atom is -0.466 e. The van der Waals surface area contributed by atoms with E-state index in [0.29, 0.717) is 5.52 Å². The number of carbonyl (C=O) groups excluding carboxylic acids is 1. The summed E-state index contributed by atoms with van der Waals surface area (Å²) in [5.74, 6) is -2.34. The minimum absolute atomic E-state index is 0.0364. The number of rotatable bonds is 4. The number of aromatic amines is 1. The zero-order chi connectivity index (χ0) is 14.0. The van der Waals surface area contributed by atoms with Crippen molar-refractivity contribution in [3.63, 3.8) is 0 Å². The number of nitrogens with one attached hydrogen (secondary N) is 1. The third-order valence-corrected chi connectivity index (χ3v) is 2.99. The molecule has 0 saturated carbocycles. The first-order valence-corrected chi connectivity index (χ1v) is 6.17. The van der Waals surface area contributed by atoms with Crippen molar-refractivity contribution in [2.75, 3.05) is 6.61 Å². The SMILES string of the molecule is CCOC(=O)CCn1c(=S)[nH]c2ccc(F)c(F)c21. The highest BCUT2D eigenvalue weighted by atomic mass is 32.1. The smallest absolute Gasteiger partial charge is 0.307 e. The number of H-pyrrole nitrogens is 1. The second kappa shape index (κ2) is 5.48. The Labute approximate surface area is 113 Å². The molecule has 2 rings (SSSR count). The predicted molar refractivity (Wildman–Crippen MR) is 68.3 cm³/mol. The maximum Gasteiger partial charge on any atom is 0.307 e. The lowest BCUT2D eigenvalue weighted by Gasteiger charge is -2.05. The quantitative estimate of drug-likeness (QED) is 0.694. The van der Waals surface area contributed by atoms with E-state index in [9.17, 15) is 13.6 Å². The lowest BCUT2D eigenvalue weighted by atomic mass is 10.3. The molecule has 1 aromatic carbocycles. The molecule has 0 aliphatic heterocycles. The number of carbonyl (C=O) groups is 1. The third kappa shape index (κ3) is 2.65. The van der Waals surface area contributed by atoms with Gasteiger partial charge in [-0.1, -0.05) is 0 Å². The van der Waals surface area contributed by atoms with E-state index in [4.69, 9.17) is 17.0 Å². The van der Waals surface area contributed by atoms with Gasteiger partial charge < -0.3 is 14.3 Å². The molecular formula is C12H12F2N2O2S. The second-order valence-corrected chi connectivity index (χ2v) is 4.28. The number of halogens is 2. The number of esters is 1. The van der Waals surface area contributed by atoms with E-state index in [1.807, 2.05) is 0 Å². The van der Waals surface area contributed by atoms with Crippen LogP contribution in [0, 0.1) is 16.4 Å². The Morgan fingerprint density at radius 3 is 2.89 bits per heavy atom. The molecular weight excluding hydrogens is 274 g/mol. The van der Waals surface area contributed by atoms with Gasteiger partial charge >= 0.3 is 5.97 Å². The normalized spacial score (nSPS) is 10.9. The fourth-order valence-electron chi connectivity index (χ4n) is 1.84. The molecule has 2 aromatic rings. The summed E-state index contributed by atoms with van der Waals surface area (Å²) >= 11 is 5.04. The summed E-state index contributed by atoms with van der Waals surface area (Å²) in [6.07, 6.45) is 0.0467. The average Bonchev–Trinajstić information content (AvgIpc) is 2.69. The van der Waals surface area contributed by atoms with E-state index < -0.39 is 17.6 Å². The Hall–Kier alpha value is -1.76. The molecule has 0 fully saturated rings. The highest BCUT2D eigenvalue weighted by Crippen LogP contribution is 2.20. The van der Waals surface area contributed by atoms with E-state index in [2.05, 4.69) is 4.98 Å². The van der Waals surface area contributed by atoms with Crippen molar-refractivity contribution in [2.45, 2.75) is 19.9 Å². The van der Waals surface area contributed by atoms with Gasteiger partial charge in [0.05, 0.1) is 18.5 Å². The highest BCUT2D eigenvalue weighted by molar-refractivity contribution is 7.71. The first-order chi connectivity index (χ1) is 9.04. The molecule has 1 N–H and O–H groups in total. The van der Waals surface area contributed by atoms with Crippen molar-refractivity contribution in [2.24, 2.45) is 0 Å². The second-order valence-electron chi connectivity index (χ2n) is 3.89. The largest absolute Gasteiger partial charge is 0.466 e. The number of imidazole rings is 1. The lowest BCUT2D eigenvalue weighted by Crippen LogP contribution is -2.09. The van der Waals surface area contributed by atoms with Crippen molar-refractivity contribution in [1.82, 2.24) is 9.55 Å². The summed E-state index contributed by atoms with van der Waals surface area (Å²) < 4.78 is 33.4. The predicted octanol–water partition coefficient (Wildman–Crippen LogP) is 2.93. The fourth-order valence-corrected chi connectivity index (χ4v) is 2.13. The van der Waals surface area contributed by atoms with Gasteiger partial charge in [0.15, 0.2) is 16.4 Å². The molecule has 4 nitrogen and oxygen atoms in total. The summed E-state index contributed by atoms with van der Waals surface area (Å²) in [6, 6.07) is 2.43. The van der Waals surface area contributed by atoms with Crippen LogP contribution >= 0.6 is 12.2 Å². The molecule has 0 aliphatic carbocycles. The van der Waals surface area contributed by atoms with E-state index in [1.54, 1.807) is 6.92 Å². The highest BCUT2D eigenvalue weighted by Gasteiger charge is 2.14. The van der Waals surface area contributed by atoms with Crippen LogP contribution in [0.4, 0.5) is 8.78 Å². The summed E-state index contributed by atoms with van der Waals surface area (Å²) in [5, 5.41) is 0. The van der Waals surface area contributed by atoms with Crippen molar-refractivity contribution >= 4 is 29.2 Å². The van der Waals surface area contributed by atoms with Gasteiger partial charge in [-0.05, 0) is 31.3 Å². The molecule has 1 aromatic heterocycles. The van der Waals surface area contributed by atoms with E-state index in [-0.39, 0.29) is 29.9 Å². The molecule has 7 heteroatoms. The van der Waals surface area contributed by atoms with Crippen molar-refractivity contribution in [1.29, 1.82) is 0 Å². The Kier molecular flexibility index (Phi) is 3.94. The third-order valence-electron chi connectivity index (χ3n) is 2.67. The molecule has 0 radical (unpaired) electrons. The standard InChI is InChI=1S/C12H12F2N2O2S/c1-2-18-9(17)5-6-16-11-8(15-12(16)19)4-3-7(13)10(11)14/h3-4H,2,5-6H2,1H3,(H,15,19). The molecule has 0 bridgehead atoms. The van der Waals surface area contributed by atoms with Crippen LogP contribution in [0.1, 0.15) is 13.3 Å². The summed E-state index contributed by atoms with van der Waals surface area (Å²) in [6.45, 7) is 2.11. The van der Waals surface area contributed by atoms with Crippen LogP contribution in [-0.2, 0) is 16.1 Å². The Bertz CT molecular complexity index is 678. The molecule has 0 aliphatic rings. The van der Waals surface area contributed by atoms with Gasteiger partial charge in [0, 0.05) is 6.54 Å². The van der Waals surface area contributed by atoms with Crippen molar-refractivity contribution in [3.8, 4) is 0 Å². The molecule has 1 heterocycles. The Balaban J connectivity index is 2.37. The molecule has 0 saturated heterocycles. The number of nitrogens with zero attached hydrogens (tertiary/aromatic N) is 1. The maximum atomic E-state index is 13.8. The number of hydrogen-bond donors (Lipinski definition) is 1. The van der Waals surface area contributed by atoms with Crippen LogP contribution < -0.4 is 0 Å². The Morgan fingerprint density at radius 2 is 2.21 bits per heavy atom. The molecule has 102 valence electrons. The van der Waals surface area contributed by atoms with Gasteiger partial charge in [-0.25, -0.2) is 8.78 Å². The van der Waals surface area contributed by atoms with Crippen LogP contribution in [0.3, 0.4) is 0 Å². The number of ether oxygens (including phenoxy) is 1. The zero-order valence-electron chi connectivity index (χ0n) is 10.2. The number of aryl methyl sites for hydroxylation is 1.